The number of amides is 1. The molecule has 0 radical (unpaired) electrons. The third kappa shape index (κ3) is 4.67. The van der Waals surface area contributed by atoms with E-state index in [1.54, 1.807) is 11.9 Å². The van der Waals surface area contributed by atoms with E-state index >= 15 is 0 Å². The maximum atomic E-state index is 12.8. The van der Waals surface area contributed by atoms with Crippen LogP contribution in [-0.4, -0.2) is 35.4 Å². The molecule has 0 aliphatic carbocycles. The molecule has 1 heterocycles. The minimum atomic E-state index is -0.503. The van der Waals surface area contributed by atoms with Gasteiger partial charge in [-0.25, -0.2) is 4.79 Å². The summed E-state index contributed by atoms with van der Waals surface area (Å²) in [6, 6.07) is 15.9. The molecule has 0 saturated carbocycles. The number of hydrogen-bond donors (Lipinski definition) is 0. The van der Waals surface area contributed by atoms with Crippen molar-refractivity contribution in [1.29, 1.82) is 0 Å². The van der Waals surface area contributed by atoms with E-state index in [0.717, 1.165) is 28.5 Å². The number of nitrogens with zero attached hydrogens (tertiary/aromatic N) is 2. The summed E-state index contributed by atoms with van der Waals surface area (Å²) in [7, 11) is 1.71. The molecule has 3 rings (SSSR count). The number of pyridine rings is 1. The number of fused-ring (bicyclic) bond motifs is 1. The maximum absolute atomic E-state index is 12.8. The van der Waals surface area contributed by atoms with Crippen LogP contribution in [0, 0.1) is 6.92 Å². The average Bonchev–Trinajstić information content (AvgIpc) is 2.77. The lowest BCUT2D eigenvalue weighted by molar-refractivity contribution is -0.133. The molecule has 2 aromatic carbocycles. The first-order chi connectivity index (χ1) is 14.4. The normalized spacial score (nSPS) is 10.8. The number of carbonyl (C=O) groups is 2. The predicted molar refractivity (Wildman–Crippen MR) is 118 cm³/mol. The predicted octanol–water partition coefficient (Wildman–Crippen LogP) is 4.48. The molecule has 156 valence electrons. The minimum Gasteiger partial charge on any atom is -0.452 e. The van der Waals surface area contributed by atoms with Crippen LogP contribution in [0.1, 0.15) is 46.6 Å². The van der Waals surface area contributed by atoms with Gasteiger partial charge >= 0.3 is 5.97 Å². The summed E-state index contributed by atoms with van der Waals surface area (Å²) in [6.45, 7) is 6.13. The van der Waals surface area contributed by atoms with Gasteiger partial charge in [0.2, 0.25) is 0 Å². The van der Waals surface area contributed by atoms with E-state index in [9.17, 15) is 9.59 Å². The van der Waals surface area contributed by atoms with Crippen molar-refractivity contribution in [3.63, 3.8) is 0 Å². The van der Waals surface area contributed by atoms with Crippen LogP contribution in [0.2, 0.25) is 0 Å². The Balaban J connectivity index is 1.68. The molecule has 1 aromatic heterocycles. The first-order valence-electron chi connectivity index (χ1n) is 10.3. The van der Waals surface area contributed by atoms with Gasteiger partial charge in [-0.2, -0.15) is 0 Å². The molecule has 0 saturated heterocycles. The first kappa shape index (κ1) is 21.5. The largest absolute Gasteiger partial charge is 0.452 e. The fraction of sp³-hybridized carbons (Fsp3) is 0.320. The third-order valence-electron chi connectivity index (χ3n) is 5.37. The van der Waals surface area contributed by atoms with Gasteiger partial charge in [0, 0.05) is 19.0 Å². The van der Waals surface area contributed by atoms with Crippen LogP contribution in [0.15, 0.2) is 48.5 Å². The maximum Gasteiger partial charge on any atom is 0.340 e. The molecular weight excluding hydrogens is 376 g/mol. The highest BCUT2D eigenvalue weighted by Crippen LogP contribution is 2.24. The van der Waals surface area contributed by atoms with Crippen LogP contribution in [0.5, 0.6) is 0 Å². The number of rotatable bonds is 7. The van der Waals surface area contributed by atoms with E-state index in [1.807, 2.05) is 50.2 Å². The molecule has 0 fully saturated rings. The second-order valence-electron chi connectivity index (χ2n) is 7.43. The molecule has 0 unspecified atom stereocenters. The Hall–Kier alpha value is -3.21. The zero-order valence-electron chi connectivity index (χ0n) is 18.1. The monoisotopic (exact) mass is 404 g/mol. The number of aromatic nitrogens is 1. The van der Waals surface area contributed by atoms with Gasteiger partial charge in [0.1, 0.15) is 0 Å². The molecule has 0 bridgehead atoms. The van der Waals surface area contributed by atoms with Crippen molar-refractivity contribution < 1.29 is 14.3 Å². The van der Waals surface area contributed by atoms with Gasteiger partial charge in [-0.15, -0.1) is 0 Å². The molecule has 0 aliphatic rings. The van der Waals surface area contributed by atoms with E-state index < -0.39 is 5.97 Å². The lowest BCUT2D eigenvalue weighted by Crippen LogP contribution is -2.31. The average molecular weight is 405 g/mol. The molecule has 5 heteroatoms. The Kier molecular flexibility index (Phi) is 6.83. The Bertz CT molecular complexity index is 1060. The molecule has 30 heavy (non-hydrogen) atoms. The van der Waals surface area contributed by atoms with Crippen molar-refractivity contribution in [2.24, 2.45) is 0 Å². The summed E-state index contributed by atoms with van der Waals surface area (Å²) in [5.74, 6) is -0.746. The van der Waals surface area contributed by atoms with Crippen molar-refractivity contribution in [2.45, 2.75) is 40.2 Å². The molecule has 3 aromatic rings. The molecule has 1 amide bonds. The smallest absolute Gasteiger partial charge is 0.340 e. The summed E-state index contributed by atoms with van der Waals surface area (Å²) in [5, 5.41) is 0.917. The summed E-state index contributed by atoms with van der Waals surface area (Å²) >= 11 is 0. The van der Waals surface area contributed by atoms with Crippen molar-refractivity contribution in [3.8, 4) is 0 Å². The Morgan fingerprint density at radius 3 is 2.30 bits per heavy atom. The molecule has 0 atom stereocenters. The second kappa shape index (κ2) is 9.53. The van der Waals surface area contributed by atoms with Crippen molar-refractivity contribution in [2.75, 3.05) is 13.7 Å². The molecule has 0 N–H and O–H groups in total. The summed E-state index contributed by atoms with van der Waals surface area (Å²) in [4.78, 5) is 31.5. The SMILES string of the molecule is CCc1ccc(CN(C)C(=O)COC(=O)c2c(CC)nc3ccccc3c2C)cc1. The fourth-order valence-electron chi connectivity index (χ4n) is 3.52. The number of hydrogen-bond acceptors (Lipinski definition) is 4. The Labute approximate surface area is 177 Å². The Morgan fingerprint density at radius 1 is 0.967 bits per heavy atom. The van der Waals surface area contributed by atoms with Crippen LogP contribution < -0.4 is 0 Å². The summed E-state index contributed by atoms with van der Waals surface area (Å²) < 4.78 is 5.39. The van der Waals surface area contributed by atoms with Gasteiger partial charge in [-0.1, -0.05) is 56.3 Å². The summed E-state index contributed by atoms with van der Waals surface area (Å²) in [6.07, 6.45) is 1.59. The third-order valence-corrected chi connectivity index (χ3v) is 5.37. The highest BCUT2D eigenvalue weighted by atomic mass is 16.5. The highest BCUT2D eigenvalue weighted by molar-refractivity contribution is 5.99. The number of benzene rings is 2. The van der Waals surface area contributed by atoms with Crippen LogP contribution >= 0.6 is 0 Å². The molecular formula is C25H28N2O3. The van der Waals surface area contributed by atoms with Crippen LogP contribution in [0.25, 0.3) is 10.9 Å². The summed E-state index contributed by atoms with van der Waals surface area (Å²) in [5.41, 5.74) is 5.13. The standard InChI is InChI=1S/C25H28N2O3/c1-5-18-11-13-19(14-12-18)15-27(4)23(28)16-30-25(29)24-17(3)20-9-7-8-10-22(20)26-21(24)6-2/h7-14H,5-6,15-16H2,1-4H3. The van der Waals surface area contributed by atoms with Crippen molar-refractivity contribution in [3.05, 3.63) is 76.5 Å². The minimum absolute atomic E-state index is 0.243. The topological polar surface area (TPSA) is 59.5 Å². The van der Waals surface area contributed by atoms with Crippen LogP contribution in [0.3, 0.4) is 0 Å². The van der Waals surface area contributed by atoms with E-state index in [4.69, 9.17) is 4.74 Å². The number of likely N-dealkylation sites (N-methyl/N-ethyl adjacent to an activating group) is 1. The number of carbonyl (C=O) groups excluding carboxylic acids is 2. The van der Waals surface area contributed by atoms with E-state index in [1.165, 1.54) is 5.56 Å². The van der Waals surface area contributed by atoms with Gasteiger partial charge in [0.05, 0.1) is 16.8 Å². The number of ether oxygens (including phenoxy) is 1. The van der Waals surface area contributed by atoms with Gasteiger partial charge in [-0.05, 0) is 42.5 Å². The molecule has 0 aliphatic heterocycles. The van der Waals surface area contributed by atoms with E-state index in [2.05, 4.69) is 24.0 Å². The van der Waals surface area contributed by atoms with Gasteiger partial charge in [0.25, 0.3) is 5.91 Å². The lowest BCUT2D eigenvalue weighted by atomic mass is 10.0. The number of aryl methyl sites for hydroxylation is 3. The van der Waals surface area contributed by atoms with Crippen molar-refractivity contribution >= 4 is 22.8 Å². The zero-order valence-corrected chi connectivity index (χ0v) is 18.1. The van der Waals surface area contributed by atoms with Crippen LogP contribution in [-0.2, 0) is 28.9 Å². The van der Waals surface area contributed by atoms with Crippen molar-refractivity contribution in [1.82, 2.24) is 9.88 Å². The fourth-order valence-corrected chi connectivity index (χ4v) is 3.52. The molecule has 5 nitrogen and oxygen atoms in total. The Morgan fingerprint density at radius 2 is 1.63 bits per heavy atom. The van der Waals surface area contributed by atoms with Crippen LogP contribution in [0.4, 0.5) is 0 Å². The van der Waals surface area contributed by atoms with Gasteiger partial charge in [-0.3, -0.25) is 9.78 Å². The van der Waals surface area contributed by atoms with Gasteiger partial charge < -0.3 is 9.64 Å². The highest BCUT2D eigenvalue weighted by Gasteiger charge is 2.21. The van der Waals surface area contributed by atoms with E-state index in [-0.39, 0.29) is 12.5 Å². The number of para-hydroxylation sites is 1. The molecule has 0 spiro atoms. The number of esters is 1. The van der Waals surface area contributed by atoms with E-state index in [0.29, 0.717) is 24.2 Å². The first-order valence-corrected chi connectivity index (χ1v) is 10.3. The second-order valence-corrected chi connectivity index (χ2v) is 7.43. The van der Waals surface area contributed by atoms with Gasteiger partial charge in [0.15, 0.2) is 6.61 Å². The zero-order chi connectivity index (χ0) is 21.7. The quantitative estimate of drug-likeness (QED) is 0.545. The lowest BCUT2D eigenvalue weighted by Gasteiger charge is -2.18.